The monoisotopic (exact) mass is 440 g/mol. The van der Waals surface area contributed by atoms with Gasteiger partial charge in [-0.1, -0.05) is 23.9 Å². The summed E-state index contributed by atoms with van der Waals surface area (Å²) in [5, 5.41) is 11.9. The number of benzene rings is 2. The Balaban J connectivity index is 1.67. The van der Waals surface area contributed by atoms with Crippen molar-refractivity contribution in [1.82, 2.24) is 14.8 Å². The normalized spacial score (nSPS) is 11.7. The lowest BCUT2D eigenvalue weighted by Gasteiger charge is -2.16. The average molecular weight is 441 g/mol. The van der Waals surface area contributed by atoms with Gasteiger partial charge in [-0.15, -0.1) is 16.8 Å². The number of allylic oxidation sites excluding steroid dienone is 1. The number of rotatable bonds is 9. The lowest BCUT2D eigenvalue weighted by molar-refractivity contribution is -0.113. The number of aromatic nitrogens is 3. The van der Waals surface area contributed by atoms with Crippen LogP contribution < -0.4 is 10.1 Å². The molecule has 0 bridgehead atoms. The van der Waals surface area contributed by atoms with Crippen molar-refractivity contribution in [3.8, 4) is 5.75 Å². The molecule has 0 spiro atoms. The van der Waals surface area contributed by atoms with Crippen LogP contribution in [0.15, 0.2) is 60.3 Å². The van der Waals surface area contributed by atoms with E-state index in [9.17, 15) is 9.18 Å². The van der Waals surface area contributed by atoms with Crippen molar-refractivity contribution in [3.05, 3.63) is 77.9 Å². The third kappa shape index (κ3) is 5.95. The zero-order valence-corrected chi connectivity index (χ0v) is 18.6. The first-order valence-electron chi connectivity index (χ1n) is 9.83. The molecule has 0 radical (unpaired) electrons. The number of aryl methyl sites for hydroxylation is 2. The molecule has 1 heterocycles. The molecule has 162 valence electrons. The number of nitrogens with one attached hydrogen (secondary N) is 1. The molecule has 0 saturated heterocycles. The number of hydrogen-bond donors (Lipinski definition) is 1. The summed E-state index contributed by atoms with van der Waals surface area (Å²) in [5.41, 5.74) is 2.89. The highest BCUT2D eigenvalue weighted by Gasteiger charge is 2.20. The molecule has 1 unspecified atom stereocenters. The minimum Gasteiger partial charge on any atom is -0.483 e. The minimum absolute atomic E-state index is 0.138. The molecule has 0 fully saturated rings. The Labute approximate surface area is 185 Å². The molecule has 1 amide bonds. The number of nitrogens with zero attached hydrogens (tertiary/aromatic N) is 3. The number of anilines is 1. The van der Waals surface area contributed by atoms with E-state index in [0.717, 1.165) is 11.3 Å². The van der Waals surface area contributed by atoms with E-state index in [1.807, 2.05) is 36.6 Å². The van der Waals surface area contributed by atoms with Crippen LogP contribution in [0.1, 0.15) is 30.0 Å². The first-order valence-corrected chi connectivity index (χ1v) is 10.8. The van der Waals surface area contributed by atoms with Crippen molar-refractivity contribution in [3.63, 3.8) is 0 Å². The van der Waals surface area contributed by atoms with Gasteiger partial charge in [0.15, 0.2) is 17.1 Å². The quantitative estimate of drug-likeness (QED) is 0.371. The van der Waals surface area contributed by atoms with E-state index in [1.165, 1.54) is 41.6 Å². The largest absolute Gasteiger partial charge is 0.483 e. The van der Waals surface area contributed by atoms with Crippen molar-refractivity contribution >= 4 is 23.4 Å². The third-order valence-electron chi connectivity index (χ3n) is 4.67. The van der Waals surface area contributed by atoms with Crippen LogP contribution >= 0.6 is 11.8 Å². The number of ether oxygens (including phenoxy) is 1. The lowest BCUT2D eigenvalue weighted by atomic mass is 10.1. The smallest absolute Gasteiger partial charge is 0.234 e. The molecule has 1 N–H and O–H groups in total. The molecule has 6 nitrogen and oxygen atoms in total. The van der Waals surface area contributed by atoms with Crippen molar-refractivity contribution in [2.75, 3.05) is 11.1 Å². The van der Waals surface area contributed by atoms with E-state index in [0.29, 0.717) is 23.2 Å². The summed E-state index contributed by atoms with van der Waals surface area (Å²) in [4.78, 5) is 12.3. The van der Waals surface area contributed by atoms with Gasteiger partial charge in [0, 0.05) is 12.2 Å². The number of halogens is 1. The standard InChI is InChI=1S/C23H25FN4O2S/c1-5-12-28-22(17(4)30-20-11-6-15(2)16(3)13-20)26-27-23(28)31-14-21(29)25-19-9-7-18(24)8-10-19/h5-11,13,17H,1,12,14H2,2-4H3,(H,25,29). The maximum absolute atomic E-state index is 13.0. The van der Waals surface area contributed by atoms with E-state index >= 15 is 0 Å². The first-order chi connectivity index (χ1) is 14.9. The fraction of sp³-hybridized carbons (Fsp3) is 0.261. The fourth-order valence-corrected chi connectivity index (χ4v) is 3.67. The highest BCUT2D eigenvalue weighted by molar-refractivity contribution is 7.99. The van der Waals surface area contributed by atoms with Gasteiger partial charge in [0.2, 0.25) is 5.91 Å². The molecule has 1 atom stereocenters. The van der Waals surface area contributed by atoms with Gasteiger partial charge >= 0.3 is 0 Å². The Morgan fingerprint density at radius 1 is 1.23 bits per heavy atom. The summed E-state index contributed by atoms with van der Waals surface area (Å²) in [6.45, 7) is 10.3. The Kier molecular flexibility index (Phi) is 7.46. The third-order valence-corrected chi connectivity index (χ3v) is 5.64. The van der Waals surface area contributed by atoms with Crippen molar-refractivity contribution in [1.29, 1.82) is 0 Å². The Morgan fingerprint density at radius 3 is 2.65 bits per heavy atom. The Bertz CT molecular complexity index is 1070. The maximum atomic E-state index is 13.0. The number of carbonyl (C=O) groups excluding carboxylic acids is 1. The van der Waals surface area contributed by atoms with Gasteiger partial charge < -0.3 is 10.1 Å². The summed E-state index contributed by atoms with van der Waals surface area (Å²) in [5.74, 6) is 0.982. The van der Waals surface area contributed by atoms with Crippen molar-refractivity contribution in [2.45, 2.75) is 38.6 Å². The number of carbonyl (C=O) groups is 1. The van der Waals surface area contributed by atoms with Crippen LogP contribution in [0.3, 0.4) is 0 Å². The molecule has 0 aliphatic rings. The molecule has 3 aromatic rings. The number of thioether (sulfide) groups is 1. The molecule has 8 heteroatoms. The van der Waals surface area contributed by atoms with Crippen LogP contribution in [0.2, 0.25) is 0 Å². The van der Waals surface area contributed by atoms with Crippen LogP contribution in [-0.4, -0.2) is 26.4 Å². The highest BCUT2D eigenvalue weighted by Crippen LogP contribution is 2.26. The Hall–Kier alpha value is -3.13. The maximum Gasteiger partial charge on any atom is 0.234 e. The molecule has 1 aromatic heterocycles. The summed E-state index contributed by atoms with van der Waals surface area (Å²) in [7, 11) is 0. The topological polar surface area (TPSA) is 69.0 Å². The van der Waals surface area contributed by atoms with E-state index in [4.69, 9.17) is 4.74 Å². The van der Waals surface area contributed by atoms with Gasteiger partial charge in [-0.2, -0.15) is 0 Å². The predicted molar refractivity (Wildman–Crippen MR) is 121 cm³/mol. The van der Waals surface area contributed by atoms with Crippen LogP contribution in [0.25, 0.3) is 0 Å². The molecule has 2 aromatic carbocycles. The highest BCUT2D eigenvalue weighted by atomic mass is 32.2. The van der Waals surface area contributed by atoms with Crippen LogP contribution in [0, 0.1) is 19.7 Å². The zero-order valence-electron chi connectivity index (χ0n) is 17.8. The van der Waals surface area contributed by atoms with Crippen LogP contribution in [-0.2, 0) is 11.3 Å². The van der Waals surface area contributed by atoms with Crippen LogP contribution in [0.4, 0.5) is 10.1 Å². The summed E-state index contributed by atoms with van der Waals surface area (Å²) in [6, 6.07) is 11.6. The lowest BCUT2D eigenvalue weighted by Crippen LogP contribution is -2.15. The summed E-state index contributed by atoms with van der Waals surface area (Å²) in [6.07, 6.45) is 1.41. The minimum atomic E-state index is -0.352. The molecular formula is C23H25FN4O2S. The molecular weight excluding hydrogens is 415 g/mol. The first kappa shape index (κ1) is 22.6. The Morgan fingerprint density at radius 2 is 1.97 bits per heavy atom. The van der Waals surface area contributed by atoms with E-state index < -0.39 is 0 Å². The van der Waals surface area contributed by atoms with Gasteiger partial charge in [-0.25, -0.2) is 4.39 Å². The molecule has 0 aliphatic heterocycles. The zero-order chi connectivity index (χ0) is 22.4. The SMILES string of the molecule is C=CCn1c(SCC(=O)Nc2ccc(F)cc2)nnc1C(C)Oc1ccc(C)c(C)c1. The van der Waals surface area contributed by atoms with Crippen molar-refractivity contribution in [2.24, 2.45) is 0 Å². The van der Waals surface area contributed by atoms with E-state index in [2.05, 4.69) is 29.0 Å². The molecule has 31 heavy (non-hydrogen) atoms. The van der Waals surface area contributed by atoms with Gasteiger partial charge in [0.1, 0.15) is 11.6 Å². The van der Waals surface area contributed by atoms with Crippen LogP contribution in [0.5, 0.6) is 5.75 Å². The predicted octanol–water partition coefficient (Wildman–Crippen LogP) is 5.09. The van der Waals surface area contributed by atoms with Gasteiger partial charge in [-0.05, 0) is 68.3 Å². The second-order valence-electron chi connectivity index (χ2n) is 7.09. The van der Waals surface area contributed by atoms with Gasteiger partial charge in [0.25, 0.3) is 0 Å². The second-order valence-corrected chi connectivity index (χ2v) is 8.03. The average Bonchev–Trinajstić information content (AvgIpc) is 3.14. The number of hydrogen-bond acceptors (Lipinski definition) is 5. The number of amides is 1. The van der Waals surface area contributed by atoms with E-state index in [1.54, 1.807) is 6.08 Å². The van der Waals surface area contributed by atoms with E-state index in [-0.39, 0.29) is 23.6 Å². The van der Waals surface area contributed by atoms with Gasteiger partial charge in [-0.3, -0.25) is 9.36 Å². The molecule has 3 rings (SSSR count). The molecule has 0 saturated carbocycles. The summed E-state index contributed by atoms with van der Waals surface area (Å²) < 4.78 is 21.0. The fourth-order valence-electron chi connectivity index (χ4n) is 2.91. The summed E-state index contributed by atoms with van der Waals surface area (Å²) >= 11 is 1.27. The van der Waals surface area contributed by atoms with Crippen molar-refractivity contribution < 1.29 is 13.9 Å². The second kappa shape index (κ2) is 10.3. The van der Waals surface area contributed by atoms with Gasteiger partial charge in [0.05, 0.1) is 5.75 Å². The molecule has 0 aliphatic carbocycles.